The zero-order chi connectivity index (χ0) is 10.6. The molecule has 1 fully saturated rings. The monoisotopic (exact) mass is 193 g/mol. The van der Waals surface area contributed by atoms with Crippen LogP contribution in [0.2, 0.25) is 0 Å². The van der Waals surface area contributed by atoms with E-state index in [1.54, 1.807) is 7.05 Å². The Morgan fingerprint density at radius 2 is 2.36 bits per heavy atom. The molecule has 1 heterocycles. The van der Waals surface area contributed by atoms with E-state index in [0.717, 1.165) is 36.4 Å². The van der Waals surface area contributed by atoms with Gasteiger partial charge in [-0.25, -0.2) is 0 Å². The van der Waals surface area contributed by atoms with Crippen molar-refractivity contribution in [3.8, 4) is 0 Å². The molecule has 1 rings (SSSR count). The average molecular weight is 193 g/mol. The van der Waals surface area contributed by atoms with E-state index in [0.29, 0.717) is 5.92 Å². The fourth-order valence-corrected chi connectivity index (χ4v) is 1.72. The van der Waals surface area contributed by atoms with Gasteiger partial charge in [-0.15, -0.1) is 0 Å². The maximum absolute atomic E-state index is 5.69. The van der Waals surface area contributed by atoms with Gasteiger partial charge in [0, 0.05) is 18.8 Å². The predicted octanol–water partition coefficient (Wildman–Crippen LogP) is 2.96. The lowest BCUT2D eigenvalue weighted by molar-refractivity contribution is 0.215. The van der Waals surface area contributed by atoms with Crippen LogP contribution < -0.4 is 0 Å². The van der Waals surface area contributed by atoms with E-state index in [1.807, 2.05) is 13.1 Å². The molecule has 2 nitrogen and oxygen atoms in total. The lowest BCUT2D eigenvalue weighted by Gasteiger charge is -2.10. The number of rotatable bonds is 1. The van der Waals surface area contributed by atoms with E-state index >= 15 is 0 Å². The van der Waals surface area contributed by atoms with Crippen LogP contribution in [0.1, 0.15) is 26.7 Å². The van der Waals surface area contributed by atoms with E-state index < -0.39 is 0 Å². The smallest absolute Gasteiger partial charge is 0.126 e. The van der Waals surface area contributed by atoms with E-state index in [-0.39, 0.29) is 0 Å². The van der Waals surface area contributed by atoms with Crippen molar-refractivity contribution in [1.82, 2.24) is 0 Å². The second-order valence-electron chi connectivity index (χ2n) is 3.95. The van der Waals surface area contributed by atoms with Gasteiger partial charge in [0.15, 0.2) is 0 Å². The van der Waals surface area contributed by atoms with Gasteiger partial charge in [-0.1, -0.05) is 13.5 Å². The Morgan fingerprint density at radius 3 is 3.00 bits per heavy atom. The van der Waals surface area contributed by atoms with Crippen molar-refractivity contribution >= 4 is 6.21 Å². The normalized spacial score (nSPS) is 27.4. The minimum atomic E-state index is 0.673. The first kappa shape index (κ1) is 11.0. The first-order chi connectivity index (χ1) is 6.65. The van der Waals surface area contributed by atoms with E-state index in [9.17, 15) is 0 Å². The molecule has 0 aromatic rings. The first-order valence-electron chi connectivity index (χ1n) is 5.09. The third-order valence-electron chi connectivity index (χ3n) is 2.45. The van der Waals surface area contributed by atoms with Gasteiger partial charge in [-0.05, 0) is 31.3 Å². The molecular weight excluding hydrogens is 174 g/mol. The summed E-state index contributed by atoms with van der Waals surface area (Å²) in [4.78, 5) is 3.99. The standard InChI is InChI=1S/C12H19NO/c1-9-5-6-14-12(10(2)7-9)11(3)8-13-4/h8-9H,2,5-7H2,1,3-4H3/b12-11+,13-8-. The van der Waals surface area contributed by atoms with Crippen molar-refractivity contribution in [3.63, 3.8) is 0 Å². The fraction of sp³-hybridized carbons (Fsp3) is 0.583. The minimum Gasteiger partial charge on any atom is -0.493 e. The van der Waals surface area contributed by atoms with Crippen molar-refractivity contribution < 1.29 is 4.74 Å². The van der Waals surface area contributed by atoms with Gasteiger partial charge in [0.25, 0.3) is 0 Å². The van der Waals surface area contributed by atoms with Gasteiger partial charge >= 0.3 is 0 Å². The summed E-state index contributed by atoms with van der Waals surface area (Å²) in [6, 6.07) is 0. The van der Waals surface area contributed by atoms with E-state index in [2.05, 4.69) is 18.5 Å². The van der Waals surface area contributed by atoms with Crippen LogP contribution in [0.5, 0.6) is 0 Å². The molecule has 0 radical (unpaired) electrons. The summed E-state index contributed by atoms with van der Waals surface area (Å²) in [5.74, 6) is 1.62. The number of nitrogens with zero attached hydrogens (tertiary/aromatic N) is 1. The lowest BCUT2D eigenvalue weighted by Crippen LogP contribution is -1.97. The molecule has 2 heteroatoms. The Kier molecular flexibility index (Phi) is 3.93. The van der Waals surface area contributed by atoms with Crippen LogP contribution in [0.25, 0.3) is 0 Å². The molecule has 0 aromatic heterocycles. The Bertz CT molecular complexity index is 276. The minimum absolute atomic E-state index is 0.673. The van der Waals surface area contributed by atoms with Crippen molar-refractivity contribution in [2.24, 2.45) is 10.9 Å². The number of ether oxygens (including phenoxy) is 1. The maximum Gasteiger partial charge on any atom is 0.126 e. The molecule has 1 aliphatic rings. The summed E-state index contributed by atoms with van der Waals surface area (Å²) in [5, 5.41) is 0. The highest BCUT2D eigenvalue weighted by molar-refractivity contribution is 5.79. The highest BCUT2D eigenvalue weighted by Gasteiger charge is 2.16. The second kappa shape index (κ2) is 4.99. The molecule has 0 amide bonds. The zero-order valence-corrected chi connectivity index (χ0v) is 9.34. The van der Waals surface area contributed by atoms with E-state index in [4.69, 9.17) is 4.74 Å². The van der Waals surface area contributed by atoms with Gasteiger partial charge < -0.3 is 4.74 Å². The van der Waals surface area contributed by atoms with Crippen LogP contribution in [-0.4, -0.2) is 19.9 Å². The average Bonchev–Trinajstić information content (AvgIpc) is 2.27. The van der Waals surface area contributed by atoms with E-state index in [1.165, 1.54) is 0 Å². The van der Waals surface area contributed by atoms with Crippen LogP contribution in [0, 0.1) is 5.92 Å². The van der Waals surface area contributed by atoms with Gasteiger partial charge in [0.05, 0.1) is 6.61 Å². The summed E-state index contributed by atoms with van der Waals surface area (Å²) in [6.07, 6.45) is 3.97. The fourth-order valence-electron chi connectivity index (χ4n) is 1.72. The van der Waals surface area contributed by atoms with Crippen molar-refractivity contribution in [3.05, 3.63) is 23.5 Å². The topological polar surface area (TPSA) is 21.6 Å². The SMILES string of the molecule is C=C1CC(C)CCO/C1=C(C)/C=N\C. The molecule has 78 valence electrons. The summed E-state index contributed by atoms with van der Waals surface area (Å²) in [7, 11) is 1.77. The first-order valence-corrected chi connectivity index (χ1v) is 5.09. The van der Waals surface area contributed by atoms with Crippen LogP contribution in [0.4, 0.5) is 0 Å². The molecule has 1 atom stereocenters. The lowest BCUT2D eigenvalue weighted by atomic mass is 9.98. The molecule has 1 saturated heterocycles. The number of hydrogen-bond acceptors (Lipinski definition) is 2. The van der Waals surface area contributed by atoms with Crippen molar-refractivity contribution in [2.75, 3.05) is 13.7 Å². The second-order valence-corrected chi connectivity index (χ2v) is 3.95. The molecule has 1 unspecified atom stereocenters. The van der Waals surface area contributed by atoms with Gasteiger partial charge in [-0.2, -0.15) is 0 Å². The Balaban J connectivity index is 2.87. The Morgan fingerprint density at radius 1 is 1.64 bits per heavy atom. The largest absolute Gasteiger partial charge is 0.493 e. The van der Waals surface area contributed by atoms with Gasteiger partial charge in [0.1, 0.15) is 5.76 Å². The summed E-state index contributed by atoms with van der Waals surface area (Å²) < 4.78 is 5.69. The molecule has 0 bridgehead atoms. The molecule has 14 heavy (non-hydrogen) atoms. The zero-order valence-electron chi connectivity index (χ0n) is 9.34. The number of aliphatic imine (C=N–C) groups is 1. The van der Waals surface area contributed by atoms with Crippen LogP contribution in [-0.2, 0) is 4.74 Å². The van der Waals surface area contributed by atoms with Crippen molar-refractivity contribution in [1.29, 1.82) is 0 Å². The van der Waals surface area contributed by atoms with Crippen molar-refractivity contribution in [2.45, 2.75) is 26.7 Å². The molecule has 0 aromatic carbocycles. The Labute approximate surface area is 86.4 Å². The Hall–Kier alpha value is -1.05. The number of hydrogen-bond donors (Lipinski definition) is 0. The van der Waals surface area contributed by atoms with Crippen LogP contribution in [0.15, 0.2) is 28.5 Å². The summed E-state index contributed by atoms with van der Waals surface area (Å²) >= 11 is 0. The summed E-state index contributed by atoms with van der Waals surface area (Å²) in [6.45, 7) is 9.12. The predicted molar refractivity (Wildman–Crippen MR) is 60.6 cm³/mol. The molecule has 1 aliphatic heterocycles. The molecule has 0 aliphatic carbocycles. The van der Waals surface area contributed by atoms with Gasteiger partial charge in [-0.3, -0.25) is 4.99 Å². The molecule has 0 saturated carbocycles. The third-order valence-corrected chi connectivity index (χ3v) is 2.45. The highest BCUT2D eigenvalue weighted by atomic mass is 16.5. The van der Waals surface area contributed by atoms with Gasteiger partial charge in [0.2, 0.25) is 0 Å². The molecule has 0 spiro atoms. The number of allylic oxidation sites excluding steroid dienone is 2. The quantitative estimate of drug-likeness (QED) is 0.587. The van der Waals surface area contributed by atoms with Crippen LogP contribution >= 0.6 is 0 Å². The third kappa shape index (κ3) is 2.72. The summed E-state index contributed by atoms with van der Waals surface area (Å²) in [5.41, 5.74) is 2.18. The molecule has 0 N–H and O–H groups in total. The highest BCUT2D eigenvalue weighted by Crippen LogP contribution is 2.27. The van der Waals surface area contributed by atoms with Crippen LogP contribution in [0.3, 0.4) is 0 Å². The maximum atomic E-state index is 5.69. The molecular formula is C12H19NO.